The van der Waals surface area contributed by atoms with Gasteiger partial charge in [-0.2, -0.15) is 0 Å². The van der Waals surface area contributed by atoms with E-state index in [0.717, 1.165) is 197 Å². The standard InChI is InChI=1S/C43H38Br2N2O2.C43H36Br2N2O2.3C11H8N.C5H12O2.3Ir/c2*44-33-19-21-35-36-22-20-34(45)30-38(36)43(37(35)29-33,23-7-9-27-48-39-17-11-25-46-41(39)31-13-3-1-4-14-31)24-8-10-28-49-40-18-12-26-47-42(40)32-15-5-2-6-16-32;3*1-2-6-10(7-3-1)11-8-4-5-9-12-11;1-4(6)3-5(2)7;;;/h1-6,11-22,25-26,29-30H,7-10,23-24,27-28H2;1-6,11-13,15,17-22,25-26,29-30H,7-10,23-24,27-28H2;3*1-6,8-9H;4-7H,3H2,1-2H3;;;/q;-2;3*-1;;;;. The monoisotopic (exact) mass is 2690 g/mol. The van der Waals surface area contributed by atoms with Crippen LogP contribution in [0.25, 0.3) is 101 Å². The molecule has 20 heteroatoms. The molecule has 144 heavy (non-hydrogen) atoms. The number of pyridine rings is 7. The Morgan fingerprint density at radius 3 is 0.743 bits per heavy atom. The Hall–Kier alpha value is -11.5. The van der Waals surface area contributed by atoms with E-state index < -0.39 is 0 Å². The second kappa shape index (κ2) is 58.6. The van der Waals surface area contributed by atoms with E-state index in [9.17, 15) is 0 Å². The molecule has 2 aliphatic carbocycles. The number of ether oxygens (including phenoxy) is 4. The molecule has 0 saturated heterocycles. The Morgan fingerprint density at radius 2 is 0.500 bits per heavy atom. The van der Waals surface area contributed by atoms with Crippen LogP contribution in [0.15, 0.2) is 419 Å². The van der Waals surface area contributed by atoms with Gasteiger partial charge in [0.1, 0.15) is 34.4 Å². The van der Waals surface area contributed by atoms with Crippen molar-refractivity contribution in [3.8, 4) is 124 Å². The fourth-order valence-corrected chi connectivity index (χ4v) is 19.4. The minimum atomic E-state index is -0.375. The van der Waals surface area contributed by atoms with Crippen LogP contribution in [-0.4, -0.2) is 83.7 Å². The van der Waals surface area contributed by atoms with Crippen molar-refractivity contribution in [1.29, 1.82) is 0 Å². The van der Waals surface area contributed by atoms with Crippen molar-refractivity contribution in [1.82, 2.24) is 34.9 Å². The van der Waals surface area contributed by atoms with Crippen molar-refractivity contribution in [3.05, 3.63) is 472 Å². The number of aliphatic hydroxyl groups is 2. The third-order valence-electron chi connectivity index (χ3n) is 24.3. The molecule has 0 fully saturated rings. The van der Waals surface area contributed by atoms with Gasteiger partial charge in [-0.15, -0.1) is 179 Å². The van der Waals surface area contributed by atoms with E-state index in [-0.39, 0.29) is 83.4 Å². The van der Waals surface area contributed by atoms with Gasteiger partial charge < -0.3 is 54.1 Å². The SMILES string of the molecule is Brc1ccc2c(c1)C(CCCCOc1cccnc1-c1[c-]cccc1)(CCCCOc1cccnc1-c1[c-]cccc1)c1cc(Br)ccc1-2.Brc1ccc2c(c1)C(CCCCOc1cccnc1-c1ccccc1)(CCCCOc1cccnc1-c1ccccc1)c1cc(Br)ccc1-2.CC(O)CC(C)O.[Ir].[Ir].[Ir].[c-]1ccccc1-c1ccccn1.[c-]1ccccc1-c1ccccn1.[c-]1ccccc1-c1ccccn1. The normalized spacial score (nSPS) is 12.0. The van der Waals surface area contributed by atoms with Gasteiger partial charge in [0.15, 0.2) is 0 Å². The summed E-state index contributed by atoms with van der Waals surface area (Å²) in [6.07, 6.45) is 24.3. The number of rotatable bonds is 33. The minimum Gasteiger partial charge on any atom is -0.501 e. The van der Waals surface area contributed by atoms with Crippen molar-refractivity contribution in [2.45, 2.75) is 120 Å². The molecule has 3 radical (unpaired) electrons. The number of hydrogen-bond donors (Lipinski definition) is 2. The van der Waals surface area contributed by atoms with Gasteiger partial charge >= 0.3 is 0 Å². The summed E-state index contributed by atoms with van der Waals surface area (Å²) >= 11 is 15.2. The summed E-state index contributed by atoms with van der Waals surface area (Å²) in [7, 11) is 0. The van der Waals surface area contributed by atoms with Crippen LogP contribution in [0, 0.1) is 30.3 Å². The predicted molar refractivity (Wildman–Crippen MR) is 583 cm³/mol. The van der Waals surface area contributed by atoms with Crippen LogP contribution >= 0.6 is 63.7 Å². The van der Waals surface area contributed by atoms with E-state index in [1.807, 2.05) is 273 Å². The molecule has 2 unspecified atom stereocenters. The maximum absolute atomic E-state index is 8.56. The van der Waals surface area contributed by atoms with Crippen molar-refractivity contribution in [2.75, 3.05) is 26.4 Å². The van der Waals surface area contributed by atoms with Crippen LogP contribution in [0.5, 0.6) is 23.0 Å². The summed E-state index contributed by atoms with van der Waals surface area (Å²) < 4.78 is 29.9. The molecule has 0 saturated carbocycles. The van der Waals surface area contributed by atoms with Crippen molar-refractivity contribution in [3.63, 3.8) is 0 Å². The molecule has 13 nitrogen and oxygen atoms in total. The Labute approximate surface area is 921 Å². The Morgan fingerprint density at radius 1 is 0.257 bits per heavy atom. The number of aliphatic hydroxyl groups excluding tert-OH is 2. The second-order valence-corrected chi connectivity index (χ2v) is 37.9. The van der Waals surface area contributed by atoms with Crippen molar-refractivity contribution >= 4 is 63.7 Å². The molecule has 7 aromatic heterocycles. The van der Waals surface area contributed by atoms with E-state index >= 15 is 0 Å². The number of halogens is 4. The molecule has 0 spiro atoms. The van der Waals surface area contributed by atoms with Crippen LogP contribution in [0.3, 0.4) is 0 Å². The fraction of sp³-hybridized carbons (Fsp3) is 0.185. The summed E-state index contributed by atoms with van der Waals surface area (Å²) in [6, 6.07) is 136. The predicted octanol–water partition coefficient (Wildman–Crippen LogP) is 31.6. The largest absolute Gasteiger partial charge is 0.501 e. The summed E-state index contributed by atoms with van der Waals surface area (Å²) in [5, 5.41) is 17.1. The van der Waals surface area contributed by atoms with Crippen LogP contribution in [0.4, 0.5) is 0 Å². The molecule has 18 aromatic rings. The van der Waals surface area contributed by atoms with Gasteiger partial charge in [0.05, 0.1) is 38.6 Å². The van der Waals surface area contributed by atoms with Crippen LogP contribution in [0.2, 0.25) is 0 Å². The zero-order valence-corrected chi connectivity index (χ0v) is 93.5. The van der Waals surface area contributed by atoms with Crippen LogP contribution < -0.4 is 18.9 Å². The molecule has 11 aromatic carbocycles. The first-order valence-electron chi connectivity index (χ1n) is 47.8. The summed E-state index contributed by atoms with van der Waals surface area (Å²) in [4.78, 5) is 31.1. The molecule has 0 bridgehead atoms. The van der Waals surface area contributed by atoms with Gasteiger partial charge in [0.2, 0.25) is 0 Å². The minimum absolute atomic E-state index is 0. The number of aromatic nitrogens is 7. The van der Waals surface area contributed by atoms with Crippen molar-refractivity contribution < 1.29 is 89.5 Å². The van der Waals surface area contributed by atoms with E-state index in [1.54, 1.807) is 44.8 Å². The Bertz CT molecular complexity index is 5980. The first-order valence-corrected chi connectivity index (χ1v) is 51.0. The molecule has 2 aliphatic rings. The third kappa shape index (κ3) is 31.3. The molecule has 737 valence electrons. The number of benzene rings is 11. The third-order valence-corrected chi connectivity index (χ3v) is 26.3. The molecule has 20 rings (SSSR count). The van der Waals surface area contributed by atoms with Gasteiger partial charge in [0.25, 0.3) is 0 Å². The zero-order chi connectivity index (χ0) is 97.5. The molecule has 2 atom stereocenters. The van der Waals surface area contributed by atoms with Crippen LogP contribution in [0.1, 0.15) is 120 Å². The number of nitrogens with zero attached hydrogens (tertiary/aromatic N) is 7. The molecule has 2 N–H and O–H groups in total. The number of fused-ring (bicyclic) bond motifs is 6. The van der Waals surface area contributed by atoms with Crippen LogP contribution in [-0.2, 0) is 71.1 Å². The van der Waals surface area contributed by atoms with Gasteiger partial charge in [-0.25, -0.2) is 0 Å². The molecule has 7 heterocycles. The van der Waals surface area contributed by atoms with E-state index in [1.165, 1.54) is 44.5 Å². The molecular formula is C124H110Br4Ir3N7O6-5. The van der Waals surface area contributed by atoms with E-state index in [0.29, 0.717) is 32.8 Å². The topological polar surface area (TPSA) is 168 Å². The average molecular weight is 2690 g/mol. The second-order valence-electron chi connectivity index (χ2n) is 34.2. The maximum atomic E-state index is 8.56. The zero-order valence-electron chi connectivity index (χ0n) is 80.0. The van der Waals surface area contributed by atoms with Gasteiger partial charge in [-0.1, -0.05) is 185 Å². The van der Waals surface area contributed by atoms with Gasteiger partial charge in [0, 0.05) is 155 Å². The van der Waals surface area contributed by atoms with E-state index in [2.05, 4.69) is 226 Å². The smallest absolute Gasteiger partial charge is 0.145 e. The molecule has 0 amide bonds. The first kappa shape index (κ1) is 111. The number of hydrogen-bond acceptors (Lipinski definition) is 13. The molecule has 0 aliphatic heterocycles. The maximum Gasteiger partial charge on any atom is 0.145 e. The Balaban J connectivity index is 0.000000179. The van der Waals surface area contributed by atoms with Gasteiger partial charge in [-0.05, 0) is 274 Å². The average Bonchev–Trinajstić information content (AvgIpc) is 1.57. The Kier molecular flexibility index (Phi) is 45.2. The summed E-state index contributed by atoms with van der Waals surface area (Å²) in [6.45, 7) is 5.85. The fourth-order valence-electron chi connectivity index (χ4n) is 17.9. The number of unbranched alkanes of at least 4 members (excludes halogenated alkanes) is 4. The summed E-state index contributed by atoms with van der Waals surface area (Å²) in [5.74, 6) is 3.26. The van der Waals surface area contributed by atoms with E-state index in [4.69, 9.17) is 29.2 Å². The van der Waals surface area contributed by atoms with Gasteiger partial charge in [-0.3, -0.25) is 9.97 Å². The summed E-state index contributed by atoms with van der Waals surface area (Å²) in [5.41, 5.74) is 24.2. The molecular weight excluding hydrogens is 2580 g/mol. The quantitative estimate of drug-likeness (QED) is 0.0295. The van der Waals surface area contributed by atoms with Crippen molar-refractivity contribution in [2.24, 2.45) is 0 Å². The first-order chi connectivity index (χ1) is 69.3.